The second-order valence-corrected chi connectivity index (χ2v) is 6.69. The van der Waals surface area contributed by atoms with Crippen LogP contribution in [0, 0.1) is 0 Å². The molecule has 2 N–H and O–H groups in total. The van der Waals surface area contributed by atoms with E-state index in [0.717, 1.165) is 4.90 Å². The molecule has 1 aliphatic heterocycles. The summed E-state index contributed by atoms with van der Waals surface area (Å²) in [5.74, 6) is -0.122. The van der Waals surface area contributed by atoms with Gasteiger partial charge in [0.2, 0.25) is 5.91 Å². The second-order valence-electron chi connectivity index (χ2n) is 6.25. The van der Waals surface area contributed by atoms with E-state index in [1.54, 1.807) is 34.1 Å². The molecule has 2 rings (SSSR count). The van der Waals surface area contributed by atoms with Crippen molar-refractivity contribution in [3.63, 3.8) is 0 Å². The average Bonchev–Trinajstić information content (AvgIpc) is 2.56. The highest BCUT2D eigenvalue weighted by Gasteiger charge is 2.24. The minimum absolute atomic E-state index is 0.00000466. The van der Waals surface area contributed by atoms with Crippen LogP contribution >= 0.6 is 11.6 Å². The number of quaternary nitrogens is 1. The summed E-state index contributed by atoms with van der Waals surface area (Å²) < 4.78 is 0. The Morgan fingerprint density at radius 3 is 2.16 bits per heavy atom. The third kappa shape index (κ3) is 6.03. The zero-order chi connectivity index (χ0) is 18.4. The summed E-state index contributed by atoms with van der Waals surface area (Å²) in [5, 5.41) is 3.39. The van der Waals surface area contributed by atoms with Gasteiger partial charge in [0, 0.05) is 43.8 Å². The fourth-order valence-corrected chi connectivity index (χ4v) is 2.84. The Hall–Kier alpha value is -2.12. The fraction of sp³-hybridized carbons (Fsp3) is 0.471. The van der Waals surface area contributed by atoms with E-state index in [0.29, 0.717) is 36.9 Å². The number of benzene rings is 1. The molecule has 0 spiro atoms. The lowest BCUT2D eigenvalue weighted by Crippen LogP contribution is -3.11. The predicted molar refractivity (Wildman–Crippen MR) is 95.5 cm³/mol. The number of hydrogen-bond donors (Lipinski definition) is 2. The summed E-state index contributed by atoms with van der Waals surface area (Å²) in [5.41, 5.74) is 0.675. The number of piperazine rings is 1. The molecule has 0 aromatic heterocycles. The number of anilines is 1. The molecule has 3 amide bonds. The number of amides is 3. The smallest absolute Gasteiger partial charge is 0.279 e. The molecular weight excluding hydrogens is 344 g/mol. The summed E-state index contributed by atoms with van der Waals surface area (Å²) >= 11 is 5.81. The molecule has 1 aromatic carbocycles. The topological polar surface area (TPSA) is 74.2 Å². The standard InChI is InChI=1S/C17H23ClN4O3/c1-13(23)21-7-9-22(10-8-21)17(25)12-20(2)11-16(24)19-15-5-3-14(18)4-6-15/h3-6H,7-12H2,1-2H3,(H,19,24)/p+1. The van der Waals surface area contributed by atoms with Gasteiger partial charge in [0.25, 0.3) is 11.8 Å². The molecule has 1 aromatic rings. The quantitative estimate of drug-likeness (QED) is 0.735. The van der Waals surface area contributed by atoms with Crippen LogP contribution in [0.3, 0.4) is 0 Å². The second kappa shape index (κ2) is 8.82. The van der Waals surface area contributed by atoms with E-state index in [1.165, 1.54) is 6.92 Å². The first-order valence-corrected chi connectivity index (χ1v) is 8.63. The number of rotatable bonds is 5. The molecule has 25 heavy (non-hydrogen) atoms. The summed E-state index contributed by atoms with van der Waals surface area (Å²) in [6.07, 6.45) is 0. The first-order chi connectivity index (χ1) is 11.8. The van der Waals surface area contributed by atoms with Gasteiger partial charge >= 0.3 is 0 Å². The molecule has 1 saturated heterocycles. The van der Waals surface area contributed by atoms with Gasteiger partial charge in [-0.25, -0.2) is 0 Å². The lowest BCUT2D eigenvalue weighted by molar-refractivity contribution is -0.862. The molecule has 8 heteroatoms. The number of hydrogen-bond acceptors (Lipinski definition) is 3. The van der Waals surface area contributed by atoms with Crippen molar-refractivity contribution in [2.24, 2.45) is 0 Å². The van der Waals surface area contributed by atoms with Gasteiger partial charge in [-0.3, -0.25) is 14.4 Å². The normalized spacial score (nSPS) is 15.6. The lowest BCUT2D eigenvalue weighted by atomic mass is 10.3. The maximum absolute atomic E-state index is 12.3. The van der Waals surface area contributed by atoms with Crippen molar-refractivity contribution in [2.45, 2.75) is 6.92 Å². The number of nitrogens with one attached hydrogen (secondary N) is 2. The zero-order valence-corrected chi connectivity index (χ0v) is 15.3. The zero-order valence-electron chi connectivity index (χ0n) is 14.5. The molecule has 1 fully saturated rings. The van der Waals surface area contributed by atoms with Crippen molar-refractivity contribution in [1.82, 2.24) is 9.80 Å². The molecule has 0 radical (unpaired) electrons. The molecule has 1 atom stereocenters. The van der Waals surface area contributed by atoms with Crippen LogP contribution in [0.15, 0.2) is 24.3 Å². The summed E-state index contributed by atoms with van der Waals surface area (Å²) in [6.45, 7) is 4.20. The van der Waals surface area contributed by atoms with E-state index >= 15 is 0 Å². The average molecular weight is 368 g/mol. The Morgan fingerprint density at radius 2 is 1.60 bits per heavy atom. The SMILES string of the molecule is CC(=O)N1CCN(C(=O)C[NH+](C)CC(=O)Nc2ccc(Cl)cc2)CC1. The Bertz CT molecular complexity index is 627. The van der Waals surface area contributed by atoms with Crippen LogP contribution in [-0.2, 0) is 14.4 Å². The first kappa shape index (κ1) is 19.2. The third-order valence-electron chi connectivity index (χ3n) is 4.12. The van der Waals surface area contributed by atoms with Crippen molar-refractivity contribution >= 4 is 35.0 Å². The maximum Gasteiger partial charge on any atom is 0.279 e. The number of nitrogens with zero attached hydrogens (tertiary/aromatic N) is 2. The van der Waals surface area contributed by atoms with E-state index in [-0.39, 0.29) is 30.8 Å². The van der Waals surface area contributed by atoms with Crippen LogP contribution in [0.5, 0.6) is 0 Å². The van der Waals surface area contributed by atoms with Crippen LogP contribution in [-0.4, -0.2) is 73.8 Å². The molecular formula is C17H24ClN4O3+. The van der Waals surface area contributed by atoms with Crippen molar-refractivity contribution in [2.75, 3.05) is 51.6 Å². The highest BCUT2D eigenvalue weighted by atomic mass is 35.5. The lowest BCUT2D eigenvalue weighted by Gasteiger charge is -2.34. The van der Waals surface area contributed by atoms with Crippen LogP contribution in [0.2, 0.25) is 5.02 Å². The monoisotopic (exact) mass is 367 g/mol. The van der Waals surface area contributed by atoms with Gasteiger partial charge in [-0.2, -0.15) is 0 Å². The van der Waals surface area contributed by atoms with Gasteiger partial charge < -0.3 is 20.0 Å². The number of halogens is 1. The summed E-state index contributed by atoms with van der Waals surface area (Å²) in [6, 6.07) is 6.88. The third-order valence-corrected chi connectivity index (χ3v) is 4.37. The van der Waals surface area contributed by atoms with E-state index < -0.39 is 0 Å². The number of carbonyl (C=O) groups excluding carboxylic acids is 3. The van der Waals surface area contributed by atoms with Crippen molar-refractivity contribution in [3.05, 3.63) is 29.3 Å². The number of carbonyl (C=O) groups is 3. The van der Waals surface area contributed by atoms with E-state index in [4.69, 9.17) is 11.6 Å². The Morgan fingerprint density at radius 1 is 1.04 bits per heavy atom. The van der Waals surface area contributed by atoms with Crippen molar-refractivity contribution in [1.29, 1.82) is 0 Å². The minimum Gasteiger partial charge on any atom is -0.339 e. The highest BCUT2D eigenvalue weighted by Crippen LogP contribution is 2.12. The van der Waals surface area contributed by atoms with Crippen molar-refractivity contribution in [3.8, 4) is 0 Å². The van der Waals surface area contributed by atoms with Gasteiger partial charge in [-0.1, -0.05) is 11.6 Å². The van der Waals surface area contributed by atoms with Crippen LogP contribution in [0.25, 0.3) is 0 Å². The maximum atomic E-state index is 12.3. The Kier molecular flexibility index (Phi) is 6.78. The van der Waals surface area contributed by atoms with E-state index in [9.17, 15) is 14.4 Å². The van der Waals surface area contributed by atoms with E-state index in [2.05, 4.69) is 5.32 Å². The minimum atomic E-state index is -0.158. The van der Waals surface area contributed by atoms with Crippen LogP contribution in [0.1, 0.15) is 6.92 Å². The van der Waals surface area contributed by atoms with Gasteiger partial charge in [-0.15, -0.1) is 0 Å². The number of likely N-dealkylation sites (N-methyl/N-ethyl adjacent to an activating group) is 1. The van der Waals surface area contributed by atoms with Crippen LogP contribution in [0.4, 0.5) is 5.69 Å². The highest BCUT2D eigenvalue weighted by molar-refractivity contribution is 6.30. The summed E-state index contributed by atoms with van der Waals surface area (Å²) in [4.78, 5) is 40.0. The van der Waals surface area contributed by atoms with E-state index in [1.807, 2.05) is 7.05 Å². The Labute approximate surface area is 152 Å². The molecule has 0 aliphatic carbocycles. The molecule has 136 valence electrons. The molecule has 1 aliphatic rings. The first-order valence-electron chi connectivity index (χ1n) is 8.25. The Balaban J connectivity index is 1.74. The fourth-order valence-electron chi connectivity index (χ4n) is 2.72. The van der Waals surface area contributed by atoms with Gasteiger partial charge in [-0.05, 0) is 24.3 Å². The van der Waals surface area contributed by atoms with Crippen molar-refractivity contribution < 1.29 is 19.3 Å². The largest absolute Gasteiger partial charge is 0.339 e. The van der Waals surface area contributed by atoms with Gasteiger partial charge in [0.15, 0.2) is 13.1 Å². The molecule has 7 nitrogen and oxygen atoms in total. The van der Waals surface area contributed by atoms with Gasteiger partial charge in [0.1, 0.15) is 0 Å². The predicted octanol–water partition coefficient (Wildman–Crippen LogP) is -0.516. The van der Waals surface area contributed by atoms with Gasteiger partial charge in [0.05, 0.1) is 7.05 Å². The summed E-state index contributed by atoms with van der Waals surface area (Å²) in [7, 11) is 1.81. The molecule has 0 saturated carbocycles. The molecule has 0 bridgehead atoms. The van der Waals surface area contributed by atoms with Crippen LogP contribution < -0.4 is 10.2 Å². The molecule has 1 heterocycles. The molecule has 1 unspecified atom stereocenters.